The van der Waals surface area contributed by atoms with Crippen molar-refractivity contribution < 1.29 is 4.74 Å². The van der Waals surface area contributed by atoms with Crippen molar-refractivity contribution in [2.75, 3.05) is 19.8 Å². The van der Waals surface area contributed by atoms with E-state index >= 15 is 0 Å². The van der Waals surface area contributed by atoms with Crippen molar-refractivity contribution in [3.8, 4) is 0 Å². The van der Waals surface area contributed by atoms with Gasteiger partial charge in [-0.15, -0.1) is 0 Å². The Labute approximate surface area is 105 Å². The smallest absolute Gasteiger partial charge is 0.0471 e. The average molecular weight is 235 g/mol. The van der Waals surface area contributed by atoms with Gasteiger partial charge in [0.25, 0.3) is 0 Å². The minimum atomic E-state index is 0.208. The Balaban J connectivity index is 2.02. The van der Waals surface area contributed by atoms with Gasteiger partial charge in [-0.1, -0.05) is 44.2 Å². The van der Waals surface area contributed by atoms with E-state index in [0.29, 0.717) is 0 Å². The highest BCUT2D eigenvalue weighted by Gasteiger charge is 2.14. The van der Waals surface area contributed by atoms with E-state index in [1.54, 1.807) is 0 Å². The molecule has 0 aliphatic rings. The Kier molecular flexibility index (Phi) is 6.23. The quantitative estimate of drug-likeness (QED) is 0.703. The fourth-order valence-electron chi connectivity index (χ4n) is 1.58. The SMILES string of the molecule is CC(C)(CN)CCOCCCc1ccccc1. The molecule has 0 saturated carbocycles. The van der Waals surface area contributed by atoms with Gasteiger partial charge in [-0.2, -0.15) is 0 Å². The maximum Gasteiger partial charge on any atom is 0.0471 e. The third kappa shape index (κ3) is 6.44. The van der Waals surface area contributed by atoms with Gasteiger partial charge in [-0.25, -0.2) is 0 Å². The van der Waals surface area contributed by atoms with Crippen LogP contribution in [0.5, 0.6) is 0 Å². The summed E-state index contributed by atoms with van der Waals surface area (Å²) in [5, 5.41) is 0. The highest BCUT2D eigenvalue weighted by molar-refractivity contribution is 5.14. The van der Waals surface area contributed by atoms with Crippen LogP contribution >= 0.6 is 0 Å². The first-order chi connectivity index (χ1) is 8.14. The highest BCUT2D eigenvalue weighted by Crippen LogP contribution is 2.17. The molecule has 0 radical (unpaired) electrons. The van der Waals surface area contributed by atoms with Crippen LogP contribution in [0, 0.1) is 5.41 Å². The molecule has 0 amide bonds. The van der Waals surface area contributed by atoms with Crippen molar-refractivity contribution >= 4 is 0 Å². The second-order valence-electron chi connectivity index (χ2n) is 5.32. The molecule has 0 spiro atoms. The van der Waals surface area contributed by atoms with E-state index in [2.05, 4.69) is 44.2 Å². The minimum Gasteiger partial charge on any atom is -0.381 e. The molecular formula is C15H25NO. The standard InChI is InChI=1S/C15H25NO/c1-15(2,13-16)10-12-17-11-6-9-14-7-4-3-5-8-14/h3-5,7-8H,6,9-13,16H2,1-2H3. The molecule has 0 aliphatic carbocycles. The molecule has 0 fully saturated rings. The first-order valence-electron chi connectivity index (χ1n) is 6.46. The summed E-state index contributed by atoms with van der Waals surface area (Å²) in [5.41, 5.74) is 7.26. The molecule has 0 atom stereocenters. The molecule has 0 aliphatic heterocycles. The predicted octanol–water partition coefficient (Wildman–Crippen LogP) is 3.01. The fraction of sp³-hybridized carbons (Fsp3) is 0.600. The minimum absolute atomic E-state index is 0.208. The zero-order valence-electron chi connectivity index (χ0n) is 11.1. The van der Waals surface area contributed by atoms with Gasteiger partial charge in [0.15, 0.2) is 0 Å². The maximum atomic E-state index is 5.67. The summed E-state index contributed by atoms with van der Waals surface area (Å²) in [4.78, 5) is 0. The van der Waals surface area contributed by atoms with Crippen LogP contribution in [0.25, 0.3) is 0 Å². The largest absolute Gasteiger partial charge is 0.381 e. The lowest BCUT2D eigenvalue weighted by Crippen LogP contribution is -2.25. The Morgan fingerprint density at radius 3 is 2.47 bits per heavy atom. The summed E-state index contributed by atoms with van der Waals surface area (Å²) in [7, 11) is 0. The number of rotatable bonds is 8. The summed E-state index contributed by atoms with van der Waals surface area (Å²) in [5.74, 6) is 0. The van der Waals surface area contributed by atoms with Gasteiger partial charge in [-0.3, -0.25) is 0 Å². The molecule has 0 heterocycles. The predicted molar refractivity (Wildman–Crippen MR) is 73.0 cm³/mol. The topological polar surface area (TPSA) is 35.2 Å². The van der Waals surface area contributed by atoms with Gasteiger partial charge in [0.05, 0.1) is 0 Å². The lowest BCUT2D eigenvalue weighted by Gasteiger charge is -2.21. The molecule has 96 valence electrons. The van der Waals surface area contributed by atoms with Crippen molar-refractivity contribution in [1.29, 1.82) is 0 Å². The molecule has 1 aromatic rings. The van der Waals surface area contributed by atoms with Crippen LogP contribution in [0.2, 0.25) is 0 Å². The Morgan fingerprint density at radius 1 is 1.12 bits per heavy atom. The monoisotopic (exact) mass is 235 g/mol. The number of nitrogens with two attached hydrogens (primary N) is 1. The van der Waals surface area contributed by atoms with Gasteiger partial charge in [0, 0.05) is 13.2 Å². The summed E-state index contributed by atoms with van der Waals surface area (Å²) in [6, 6.07) is 10.5. The molecule has 0 saturated heterocycles. The van der Waals surface area contributed by atoms with E-state index in [-0.39, 0.29) is 5.41 Å². The van der Waals surface area contributed by atoms with Crippen molar-refractivity contribution in [1.82, 2.24) is 0 Å². The van der Waals surface area contributed by atoms with Crippen LogP contribution in [0.15, 0.2) is 30.3 Å². The molecule has 2 nitrogen and oxygen atoms in total. The Morgan fingerprint density at radius 2 is 1.82 bits per heavy atom. The van der Waals surface area contributed by atoms with Gasteiger partial charge in [-0.05, 0) is 36.8 Å². The van der Waals surface area contributed by atoms with Crippen LogP contribution in [0.3, 0.4) is 0 Å². The van der Waals surface area contributed by atoms with E-state index in [1.807, 2.05) is 0 Å². The van der Waals surface area contributed by atoms with E-state index < -0.39 is 0 Å². The number of hydrogen-bond donors (Lipinski definition) is 1. The number of aryl methyl sites for hydroxylation is 1. The molecule has 0 aromatic heterocycles. The van der Waals surface area contributed by atoms with Crippen LogP contribution in [-0.2, 0) is 11.2 Å². The summed E-state index contributed by atoms with van der Waals surface area (Å²) < 4.78 is 5.64. The Bertz CT molecular complexity index is 295. The van der Waals surface area contributed by atoms with Gasteiger partial charge in [0.1, 0.15) is 0 Å². The normalized spacial score (nSPS) is 11.7. The highest BCUT2D eigenvalue weighted by atomic mass is 16.5. The average Bonchev–Trinajstić information content (AvgIpc) is 2.35. The second kappa shape index (κ2) is 7.46. The van der Waals surface area contributed by atoms with E-state index in [9.17, 15) is 0 Å². The fourth-order valence-corrected chi connectivity index (χ4v) is 1.58. The van der Waals surface area contributed by atoms with Crippen LogP contribution in [0.1, 0.15) is 32.3 Å². The van der Waals surface area contributed by atoms with Gasteiger partial charge in [0.2, 0.25) is 0 Å². The number of hydrogen-bond acceptors (Lipinski definition) is 2. The first kappa shape index (κ1) is 14.2. The number of ether oxygens (including phenoxy) is 1. The molecule has 2 N–H and O–H groups in total. The van der Waals surface area contributed by atoms with Crippen molar-refractivity contribution in [2.45, 2.75) is 33.1 Å². The molecule has 1 rings (SSSR count). The van der Waals surface area contributed by atoms with Crippen molar-refractivity contribution in [3.05, 3.63) is 35.9 Å². The van der Waals surface area contributed by atoms with Crippen molar-refractivity contribution in [3.63, 3.8) is 0 Å². The molecule has 2 heteroatoms. The van der Waals surface area contributed by atoms with E-state index in [1.165, 1.54) is 5.56 Å². The molecule has 0 bridgehead atoms. The molecule has 1 aromatic carbocycles. The number of benzene rings is 1. The Hall–Kier alpha value is -0.860. The zero-order valence-corrected chi connectivity index (χ0v) is 11.1. The van der Waals surface area contributed by atoms with Crippen LogP contribution in [-0.4, -0.2) is 19.8 Å². The maximum absolute atomic E-state index is 5.67. The summed E-state index contributed by atoms with van der Waals surface area (Å²) >= 11 is 0. The van der Waals surface area contributed by atoms with Crippen molar-refractivity contribution in [2.24, 2.45) is 11.1 Å². The summed E-state index contributed by atoms with van der Waals surface area (Å²) in [6.45, 7) is 6.75. The van der Waals surface area contributed by atoms with Gasteiger partial charge < -0.3 is 10.5 Å². The zero-order chi connectivity index (χ0) is 12.6. The second-order valence-corrected chi connectivity index (χ2v) is 5.32. The van der Waals surface area contributed by atoms with Gasteiger partial charge >= 0.3 is 0 Å². The molecular weight excluding hydrogens is 210 g/mol. The molecule has 0 unspecified atom stereocenters. The van der Waals surface area contributed by atoms with Crippen LogP contribution < -0.4 is 5.73 Å². The third-order valence-corrected chi connectivity index (χ3v) is 3.07. The first-order valence-corrected chi connectivity index (χ1v) is 6.46. The lowest BCUT2D eigenvalue weighted by atomic mass is 9.90. The summed E-state index contributed by atoms with van der Waals surface area (Å²) in [6.07, 6.45) is 3.23. The third-order valence-electron chi connectivity index (χ3n) is 3.07. The van der Waals surface area contributed by atoms with Crippen LogP contribution in [0.4, 0.5) is 0 Å². The van der Waals surface area contributed by atoms with E-state index in [4.69, 9.17) is 10.5 Å². The molecule has 17 heavy (non-hydrogen) atoms. The lowest BCUT2D eigenvalue weighted by molar-refractivity contribution is 0.104. The van der Waals surface area contributed by atoms with E-state index in [0.717, 1.165) is 39.0 Å².